The Morgan fingerprint density at radius 3 is 2.67 bits per heavy atom. The van der Waals surface area contributed by atoms with Crippen LogP contribution in [0.4, 0.5) is 11.4 Å². The molecule has 30 heavy (non-hydrogen) atoms. The normalized spacial score (nSPS) is 13.5. The van der Waals surface area contributed by atoms with Gasteiger partial charge in [0, 0.05) is 37.7 Å². The molecule has 3 aromatic carbocycles. The number of anilines is 1. The maximum atomic E-state index is 12.6. The number of benzene rings is 3. The molecule has 1 saturated carbocycles. The number of nitro groups is 1. The van der Waals surface area contributed by atoms with Crippen LogP contribution < -0.4 is 5.32 Å². The number of nitrogens with zero attached hydrogens (tertiary/aromatic N) is 2. The monoisotopic (exact) mass is 403 g/mol. The molecule has 0 spiro atoms. The van der Waals surface area contributed by atoms with Crippen molar-refractivity contribution in [1.29, 1.82) is 0 Å². The molecule has 1 N–H and O–H groups in total. The van der Waals surface area contributed by atoms with Crippen molar-refractivity contribution in [3.05, 3.63) is 81.9 Å². The van der Waals surface area contributed by atoms with Gasteiger partial charge >= 0.3 is 0 Å². The molecule has 1 fully saturated rings. The Bertz CT molecular complexity index is 1090. The van der Waals surface area contributed by atoms with Gasteiger partial charge in [0.1, 0.15) is 0 Å². The Balaban J connectivity index is 1.42. The molecule has 0 aliphatic heterocycles. The summed E-state index contributed by atoms with van der Waals surface area (Å²) in [6.45, 7) is 3.30. The first-order chi connectivity index (χ1) is 14.5. The molecular weight excluding hydrogens is 378 g/mol. The molecular formula is C24H25N3O3. The fraction of sp³-hybridized carbons (Fsp3) is 0.292. The van der Waals surface area contributed by atoms with E-state index >= 15 is 0 Å². The summed E-state index contributed by atoms with van der Waals surface area (Å²) in [5, 5.41) is 16.3. The second-order valence-corrected chi connectivity index (χ2v) is 7.89. The molecule has 1 aliphatic rings. The number of non-ortho nitro benzene ring substituents is 1. The molecule has 0 radical (unpaired) electrons. The number of amides is 1. The van der Waals surface area contributed by atoms with Gasteiger partial charge in [-0.1, -0.05) is 48.5 Å². The number of nitro benzene ring substituents is 1. The third-order valence-corrected chi connectivity index (χ3v) is 5.65. The van der Waals surface area contributed by atoms with Gasteiger partial charge in [-0.2, -0.15) is 0 Å². The van der Waals surface area contributed by atoms with Crippen LogP contribution in [0.2, 0.25) is 0 Å². The van der Waals surface area contributed by atoms with Gasteiger partial charge in [0.2, 0.25) is 5.91 Å². The quantitative estimate of drug-likeness (QED) is 0.422. The third-order valence-electron chi connectivity index (χ3n) is 5.65. The summed E-state index contributed by atoms with van der Waals surface area (Å²) in [6, 6.07) is 19.8. The van der Waals surface area contributed by atoms with Crippen LogP contribution in [-0.2, 0) is 11.3 Å². The fourth-order valence-corrected chi connectivity index (χ4v) is 3.80. The molecule has 3 aromatic rings. The Morgan fingerprint density at radius 2 is 1.90 bits per heavy atom. The number of hydrogen-bond donors (Lipinski definition) is 1. The highest BCUT2D eigenvalue weighted by Crippen LogP contribution is 2.30. The van der Waals surface area contributed by atoms with E-state index in [0.717, 1.165) is 24.9 Å². The Morgan fingerprint density at radius 1 is 1.13 bits per heavy atom. The first-order valence-electron chi connectivity index (χ1n) is 10.3. The third kappa shape index (κ3) is 4.66. The molecule has 4 rings (SSSR count). The number of carbonyl (C=O) groups is 1. The highest BCUT2D eigenvalue weighted by atomic mass is 16.6. The van der Waals surface area contributed by atoms with E-state index in [0.29, 0.717) is 24.7 Å². The maximum Gasteiger partial charge on any atom is 0.271 e. The fourth-order valence-electron chi connectivity index (χ4n) is 3.80. The first kappa shape index (κ1) is 20.0. The highest BCUT2D eigenvalue weighted by Gasteiger charge is 2.29. The van der Waals surface area contributed by atoms with E-state index < -0.39 is 4.92 Å². The summed E-state index contributed by atoms with van der Waals surface area (Å²) < 4.78 is 0. The summed E-state index contributed by atoms with van der Waals surface area (Å²) in [7, 11) is 0. The lowest BCUT2D eigenvalue weighted by molar-refractivity contribution is -0.384. The van der Waals surface area contributed by atoms with Gasteiger partial charge in [0.25, 0.3) is 5.69 Å². The van der Waals surface area contributed by atoms with E-state index in [4.69, 9.17) is 0 Å². The van der Waals surface area contributed by atoms with Crippen LogP contribution in [0.5, 0.6) is 0 Å². The molecule has 6 heteroatoms. The van der Waals surface area contributed by atoms with Crippen LogP contribution in [0.1, 0.15) is 30.4 Å². The van der Waals surface area contributed by atoms with Crippen molar-refractivity contribution in [2.24, 2.45) is 0 Å². The highest BCUT2D eigenvalue weighted by molar-refractivity contribution is 5.92. The van der Waals surface area contributed by atoms with Crippen LogP contribution in [0.15, 0.2) is 60.7 Å². The molecule has 0 saturated heterocycles. The number of carbonyl (C=O) groups excluding carboxylic acids is 1. The van der Waals surface area contributed by atoms with Crippen molar-refractivity contribution in [2.75, 3.05) is 11.9 Å². The number of nitrogens with one attached hydrogen (secondary N) is 1. The Labute approximate surface area is 175 Å². The Hall–Kier alpha value is -3.25. The second-order valence-electron chi connectivity index (χ2n) is 7.89. The molecule has 154 valence electrons. The zero-order chi connectivity index (χ0) is 21.1. The summed E-state index contributed by atoms with van der Waals surface area (Å²) in [5.74, 6) is -0.123. The molecule has 1 amide bonds. The Kier molecular flexibility index (Phi) is 5.77. The molecule has 6 nitrogen and oxygen atoms in total. The zero-order valence-electron chi connectivity index (χ0n) is 17.0. The van der Waals surface area contributed by atoms with Gasteiger partial charge < -0.3 is 5.32 Å². The minimum Gasteiger partial charge on any atom is -0.326 e. The lowest BCUT2D eigenvalue weighted by Crippen LogP contribution is -2.29. The summed E-state index contributed by atoms with van der Waals surface area (Å²) in [5.41, 5.74) is 2.56. The summed E-state index contributed by atoms with van der Waals surface area (Å²) in [6.07, 6.45) is 2.68. The average Bonchev–Trinajstić information content (AvgIpc) is 3.58. The number of hydrogen-bond acceptors (Lipinski definition) is 4. The van der Waals surface area contributed by atoms with Crippen molar-refractivity contribution >= 4 is 28.1 Å². The number of aryl methyl sites for hydroxylation is 1. The van der Waals surface area contributed by atoms with E-state index in [1.54, 1.807) is 6.07 Å². The molecule has 0 unspecified atom stereocenters. The van der Waals surface area contributed by atoms with Gasteiger partial charge in [-0.15, -0.1) is 0 Å². The summed E-state index contributed by atoms with van der Waals surface area (Å²) in [4.78, 5) is 25.5. The topological polar surface area (TPSA) is 75.5 Å². The molecule has 0 aromatic heterocycles. The van der Waals surface area contributed by atoms with Gasteiger partial charge in [0.15, 0.2) is 0 Å². The maximum absolute atomic E-state index is 12.6. The lowest BCUT2D eigenvalue weighted by atomic mass is 10.0. The minimum atomic E-state index is -0.450. The van der Waals surface area contributed by atoms with Crippen molar-refractivity contribution < 1.29 is 9.72 Å². The van der Waals surface area contributed by atoms with Crippen LogP contribution in [0.3, 0.4) is 0 Å². The second kappa shape index (κ2) is 8.63. The van der Waals surface area contributed by atoms with Gasteiger partial charge in [0.05, 0.1) is 10.6 Å². The van der Waals surface area contributed by atoms with Gasteiger partial charge in [-0.3, -0.25) is 19.8 Å². The van der Waals surface area contributed by atoms with Crippen molar-refractivity contribution in [3.63, 3.8) is 0 Å². The SMILES string of the molecule is Cc1ccc([N+](=O)[O-])cc1NC(=O)CCN(Cc1cccc2ccccc12)C1CC1. The first-order valence-corrected chi connectivity index (χ1v) is 10.3. The van der Waals surface area contributed by atoms with E-state index in [1.807, 2.05) is 13.0 Å². The smallest absolute Gasteiger partial charge is 0.271 e. The van der Waals surface area contributed by atoms with Crippen molar-refractivity contribution in [3.8, 4) is 0 Å². The molecule has 0 bridgehead atoms. The molecule has 0 heterocycles. The van der Waals surface area contributed by atoms with Crippen molar-refractivity contribution in [1.82, 2.24) is 4.90 Å². The number of rotatable bonds is 8. The predicted molar refractivity (Wildman–Crippen MR) is 118 cm³/mol. The molecule has 0 atom stereocenters. The van der Waals surface area contributed by atoms with Crippen LogP contribution in [0, 0.1) is 17.0 Å². The largest absolute Gasteiger partial charge is 0.326 e. The summed E-state index contributed by atoms with van der Waals surface area (Å²) >= 11 is 0. The lowest BCUT2D eigenvalue weighted by Gasteiger charge is -2.23. The van der Waals surface area contributed by atoms with Crippen LogP contribution in [0.25, 0.3) is 10.8 Å². The van der Waals surface area contributed by atoms with E-state index in [2.05, 4.69) is 46.6 Å². The van der Waals surface area contributed by atoms with Crippen LogP contribution >= 0.6 is 0 Å². The number of fused-ring (bicyclic) bond motifs is 1. The van der Waals surface area contributed by atoms with Crippen molar-refractivity contribution in [2.45, 2.75) is 38.8 Å². The predicted octanol–water partition coefficient (Wildman–Crippen LogP) is 5.05. The van der Waals surface area contributed by atoms with Gasteiger partial charge in [-0.25, -0.2) is 0 Å². The van der Waals surface area contributed by atoms with Crippen LogP contribution in [-0.4, -0.2) is 28.3 Å². The van der Waals surface area contributed by atoms with E-state index in [-0.39, 0.29) is 11.6 Å². The zero-order valence-corrected chi connectivity index (χ0v) is 17.0. The van der Waals surface area contributed by atoms with E-state index in [1.165, 1.54) is 28.5 Å². The molecule has 1 aliphatic carbocycles. The average molecular weight is 403 g/mol. The van der Waals surface area contributed by atoms with Gasteiger partial charge in [-0.05, 0) is 41.7 Å². The minimum absolute atomic E-state index is 0.0218. The van der Waals surface area contributed by atoms with E-state index in [9.17, 15) is 14.9 Å². The standard InChI is InChI=1S/C24H25N3O3/c1-17-9-10-21(27(29)30)15-23(17)25-24(28)13-14-26(20-11-12-20)16-19-7-4-6-18-5-2-3-8-22(18)19/h2-10,15,20H,11-14,16H2,1H3,(H,25,28).